The van der Waals surface area contributed by atoms with Crippen LogP contribution in [0.2, 0.25) is 0 Å². The standard InChI is InChI=1S/C12H14BrN5O2/c1-2-20-11(19)9(7-3-5-8(13)6-4-7)10-16-17-12(14)18(10)15/h3-6,9H,2,15H2,1H3,(H2,14,17). The molecule has 0 radical (unpaired) electrons. The summed E-state index contributed by atoms with van der Waals surface area (Å²) >= 11 is 3.34. The van der Waals surface area contributed by atoms with Gasteiger partial charge in [-0.25, -0.2) is 4.68 Å². The van der Waals surface area contributed by atoms with E-state index in [0.717, 1.165) is 9.15 Å². The molecule has 0 saturated carbocycles. The molecule has 0 spiro atoms. The van der Waals surface area contributed by atoms with Gasteiger partial charge in [-0.05, 0) is 24.6 Å². The van der Waals surface area contributed by atoms with Crippen molar-refractivity contribution >= 4 is 27.8 Å². The van der Waals surface area contributed by atoms with Crippen molar-refractivity contribution in [2.24, 2.45) is 0 Å². The minimum atomic E-state index is -0.766. The first kappa shape index (κ1) is 14.3. The molecule has 2 aromatic rings. The smallest absolute Gasteiger partial charge is 0.321 e. The van der Waals surface area contributed by atoms with E-state index >= 15 is 0 Å². The molecule has 20 heavy (non-hydrogen) atoms. The lowest BCUT2D eigenvalue weighted by Gasteiger charge is -2.15. The van der Waals surface area contributed by atoms with Crippen molar-refractivity contribution in [3.8, 4) is 0 Å². The molecular weight excluding hydrogens is 326 g/mol. The predicted molar refractivity (Wildman–Crippen MR) is 77.2 cm³/mol. The summed E-state index contributed by atoms with van der Waals surface area (Å²) in [6.07, 6.45) is 0. The van der Waals surface area contributed by atoms with Gasteiger partial charge in [-0.1, -0.05) is 28.1 Å². The van der Waals surface area contributed by atoms with Gasteiger partial charge >= 0.3 is 5.97 Å². The Morgan fingerprint density at radius 2 is 2.05 bits per heavy atom. The molecule has 2 rings (SSSR count). The zero-order valence-electron chi connectivity index (χ0n) is 10.8. The summed E-state index contributed by atoms with van der Waals surface area (Å²) in [4.78, 5) is 12.2. The van der Waals surface area contributed by atoms with Crippen LogP contribution in [0.15, 0.2) is 28.7 Å². The Morgan fingerprint density at radius 1 is 1.40 bits per heavy atom. The Hall–Kier alpha value is -2.09. The monoisotopic (exact) mass is 339 g/mol. The van der Waals surface area contributed by atoms with Gasteiger partial charge in [0.1, 0.15) is 5.92 Å². The summed E-state index contributed by atoms with van der Waals surface area (Å²) < 4.78 is 7.07. The van der Waals surface area contributed by atoms with Crippen LogP contribution in [0.25, 0.3) is 0 Å². The highest BCUT2D eigenvalue weighted by Gasteiger charge is 2.29. The SMILES string of the molecule is CCOC(=O)C(c1ccc(Br)cc1)c1nnc(N)n1N. The van der Waals surface area contributed by atoms with Crippen molar-refractivity contribution in [3.05, 3.63) is 40.1 Å². The van der Waals surface area contributed by atoms with E-state index in [2.05, 4.69) is 26.1 Å². The van der Waals surface area contributed by atoms with Crippen LogP contribution in [0.5, 0.6) is 0 Å². The van der Waals surface area contributed by atoms with Crippen molar-refractivity contribution < 1.29 is 9.53 Å². The zero-order valence-corrected chi connectivity index (χ0v) is 12.4. The number of nitrogens with two attached hydrogens (primary N) is 2. The average molecular weight is 340 g/mol. The van der Waals surface area contributed by atoms with E-state index in [1.54, 1.807) is 19.1 Å². The number of aromatic nitrogens is 3. The van der Waals surface area contributed by atoms with Crippen molar-refractivity contribution in [1.29, 1.82) is 0 Å². The molecule has 0 bridgehead atoms. The molecule has 0 aliphatic carbocycles. The van der Waals surface area contributed by atoms with Crippen molar-refractivity contribution in [3.63, 3.8) is 0 Å². The van der Waals surface area contributed by atoms with Crippen molar-refractivity contribution in [1.82, 2.24) is 14.9 Å². The van der Waals surface area contributed by atoms with Gasteiger partial charge in [0.25, 0.3) is 0 Å². The highest BCUT2D eigenvalue weighted by Crippen LogP contribution is 2.26. The van der Waals surface area contributed by atoms with Crippen LogP contribution in [0.4, 0.5) is 5.95 Å². The number of esters is 1. The largest absolute Gasteiger partial charge is 0.465 e. The highest BCUT2D eigenvalue weighted by molar-refractivity contribution is 9.10. The third-order valence-electron chi connectivity index (χ3n) is 2.73. The maximum atomic E-state index is 12.2. The molecule has 0 aliphatic heterocycles. The van der Waals surface area contributed by atoms with Crippen LogP contribution in [0.3, 0.4) is 0 Å². The van der Waals surface area contributed by atoms with Crippen LogP contribution in [-0.2, 0) is 9.53 Å². The molecular formula is C12H14BrN5O2. The second kappa shape index (κ2) is 5.91. The molecule has 1 aromatic heterocycles. The minimum absolute atomic E-state index is 0.0337. The number of nitrogen functional groups attached to an aromatic ring is 2. The number of hydrogen-bond donors (Lipinski definition) is 2. The molecule has 8 heteroatoms. The third kappa shape index (κ3) is 2.74. The summed E-state index contributed by atoms with van der Waals surface area (Å²) in [6, 6.07) is 7.22. The molecule has 0 aliphatic rings. The van der Waals surface area contributed by atoms with Gasteiger partial charge in [-0.15, -0.1) is 10.2 Å². The lowest BCUT2D eigenvalue weighted by atomic mass is 9.98. The Bertz CT molecular complexity index is 611. The molecule has 106 valence electrons. The van der Waals surface area contributed by atoms with Crippen molar-refractivity contribution in [2.45, 2.75) is 12.8 Å². The molecule has 0 saturated heterocycles. The Balaban J connectivity index is 2.47. The molecule has 7 nitrogen and oxygen atoms in total. The molecule has 4 N–H and O–H groups in total. The summed E-state index contributed by atoms with van der Waals surface area (Å²) in [7, 11) is 0. The Kier molecular flexibility index (Phi) is 4.23. The van der Waals surface area contributed by atoms with Gasteiger partial charge in [0, 0.05) is 4.47 Å². The molecule has 0 amide bonds. The molecule has 1 atom stereocenters. The number of anilines is 1. The fraction of sp³-hybridized carbons (Fsp3) is 0.250. The van der Waals surface area contributed by atoms with Crippen molar-refractivity contribution in [2.75, 3.05) is 18.2 Å². The van der Waals surface area contributed by atoms with E-state index in [0.29, 0.717) is 5.56 Å². The van der Waals surface area contributed by atoms with Gasteiger partial charge in [0.15, 0.2) is 5.82 Å². The average Bonchev–Trinajstić information content (AvgIpc) is 2.74. The number of carbonyl (C=O) groups is 1. The number of nitrogens with zero attached hydrogens (tertiary/aromatic N) is 3. The predicted octanol–water partition coefficient (Wildman–Crippen LogP) is 1.03. The van der Waals surface area contributed by atoms with Gasteiger partial charge < -0.3 is 16.3 Å². The Morgan fingerprint density at radius 3 is 2.55 bits per heavy atom. The van der Waals surface area contributed by atoms with E-state index in [4.69, 9.17) is 16.3 Å². The van der Waals surface area contributed by atoms with E-state index in [-0.39, 0.29) is 18.4 Å². The van der Waals surface area contributed by atoms with Crippen LogP contribution in [-0.4, -0.2) is 27.4 Å². The first-order valence-corrected chi connectivity index (χ1v) is 6.71. The zero-order chi connectivity index (χ0) is 14.7. The second-order valence-electron chi connectivity index (χ2n) is 4.02. The number of ether oxygens (including phenoxy) is 1. The minimum Gasteiger partial charge on any atom is -0.465 e. The highest BCUT2D eigenvalue weighted by atomic mass is 79.9. The van der Waals surface area contributed by atoms with Crippen LogP contribution < -0.4 is 11.6 Å². The summed E-state index contributed by atoms with van der Waals surface area (Å²) in [5.74, 6) is 4.81. The van der Waals surface area contributed by atoms with Gasteiger partial charge in [-0.3, -0.25) is 4.79 Å². The lowest BCUT2D eigenvalue weighted by molar-refractivity contribution is -0.144. The van der Waals surface area contributed by atoms with E-state index in [1.165, 1.54) is 0 Å². The Labute approximate surface area is 124 Å². The quantitative estimate of drug-likeness (QED) is 0.636. The number of hydrogen-bond acceptors (Lipinski definition) is 6. The van der Waals surface area contributed by atoms with Crippen LogP contribution in [0, 0.1) is 0 Å². The molecule has 1 aromatic carbocycles. The number of rotatable bonds is 4. The van der Waals surface area contributed by atoms with E-state index < -0.39 is 11.9 Å². The number of benzene rings is 1. The summed E-state index contributed by atoms with van der Waals surface area (Å²) in [5, 5.41) is 7.54. The lowest BCUT2D eigenvalue weighted by Crippen LogP contribution is -2.25. The topological polar surface area (TPSA) is 109 Å². The maximum absolute atomic E-state index is 12.2. The fourth-order valence-electron chi connectivity index (χ4n) is 1.78. The summed E-state index contributed by atoms with van der Waals surface area (Å²) in [5.41, 5.74) is 6.26. The summed E-state index contributed by atoms with van der Waals surface area (Å²) in [6.45, 7) is 2.00. The second-order valence-corrected chi connectivity index (χ2v) is 4.94. The van der Waals surface area contributed by atoms with Crippen LogP contribution in [0.1, 0.15) is 24.2 Å². The fourth-order valence-corrected chi connectivity index (χ4v) is 2.05. The maximum Gasteiger partial charge on any atom is 0.321 e. The van der Waals surface area contributed by atoms with E-state index in [1.807, 2.05) is 12.1 Å². The number of halogens is 1. The third-order valence-corrected chi connectivity index (χ3v) is 3.26. The first-order valence-electron chi connectivity index (χ1n) is 5.92. The molecule has 1 heterocycles. The van der Waals surface area contributed by atoms with Gasteiger partial charge in [0.2, 0.25) is 5.95 Å². The normalized spacial score (nSPS) is 12.1. The van der Waals surface area contributed by atoms with Gasteiger partial charge in [0.05, 0.1) is 6.61 Å². The van der Waals surface area contributed by atoms with Gasteiger partial charge in [-0.2, -0.15) is 0 Å². The van der Waals surface area contributed by atoms with Crippen LogP contribution >= 0.6 is 15.9 Å². The molecule has 0 fully saturated rings. The molecule has 1 unspecified atom stereocenters. The first-order chi connectivity index (χ1) is 9.54. The van der Waals surface area contributed by atoms with E-state index in [9.17, 15) is 4.79 Å². The number of carbonyl (C=O) groups excluding carboxylic acids is 1.